The van der Waals surface area contributed by atoms with Crippen molar-refractivity contribution in [3.63, 3.8) is 0 Å². The summed E-state index contributed by atoms with van der Waals surface area (Å²) in [5.74, 6) is 1.90. The zero-order chi connectivity index (χ0) is 12.4. The first-order valence-electron chi connectivity index (χ1n) is 7.71. The van der Waals surface area contributed by atoms with Gasteiger partial charge in [0.25, 0.3) is 0 Å². The van der Waals surface area contributed by atoms with Gasteiger partial charge in [0.2, 0.25) is 0 Å². The summed E-state index contributed by atoms with van der Waals surface area (Å²) in [6, 6.07) is 0. The molecule has 0 spiro atoms. The Morgan fingerprint density at radius 1 is 1.11 bits per heavy atom. The molecule has 2 saturated carbocycles. The highest BCUT2D eigenvalue weighted by Crippen LogP contribution is 2.36. The summed E-state index contributed by atoms with van der Waals surface area (Å²) in [6.07, 6.45) is 7.93. The molecule has 1 unspecified atom stereocenters. The molecule has 0 aromatic rings. The lowest BCUT2D eigenvalue weighted by atomic mass is 9.82. The summed E-state index contributed by atoms with van der Waals surface area (Å²) < 4.78 is 5.63. The first-order chi connectivity index (χ1) is 8.80. The minimum absolute atomic E-state index is 0.0298. The third-order valence-electron chi connectivity index (χ3n) is 4.73. The molecule has 104 valence electrons. The van der Waals surface area contributed by atoms with E-state index in [0.717, 1.165) is 44.4 Å². The number of nitrogens with zero attached hydrogens (tertiary/aromatic N) is 1. The minimum atomic E-state index is 0.0298. The van der Waals surface area contributed by atoms with E-state index < -0.39 is 0 Å². The molecular formula is C15H27NO2. The van der Waals surface area contributed by atoms with E-state index in [0.29, 0.717) is 6.61 Å². The van der Waals surface area contributed by atoms with Crippen LogP contribution in [0.2, 0.25) is 0 Å². The predicted octanol–water partition coefficient (Wildman–Crippen LogP) is 1.90. The minimum Gasteiger partial charge on any atom is -0.396 e. The number of aliphatic hydroxyl groups is 1. The van der Waals surface area contributed by atoms with Gasteiger partial charge in [-0.2, -0.15) is 0 Å². The lowest BCUT2D eigenvalue weighted by Crippen LogP contribution is -2.46. The quantitative estimate of drug-likeness (QED) is 0.752. The topological polar surface area (TPSA) is 32.7 Å². The average molecular weight is 253 g/mol. The van der Waals surface area contributed by atoms with Crippen molar-refractivity contribution in [2.45, 2.75) is 38.5 Å². The average Bonchev–Trinajstić information content (AvgIpc) is 3.27. The van der Waals surface area contributed by atoms with Crippen molar-refractivity contribution in [2.24, 2.45) is 17.3 Å². The first-order valence-corrected chi connectivity index (χ1v) is 7.71. The fraction of sp³-hybridized carbons (Fsp3) is 1.00. The van der Waals surface area contributed by atoms with Gasteiger partial charge < -0.3 is 14.7 Å². The molecule has 3 nitrogen and oxygen atoms in total. The van der Waals surface area contributed by atoms with Crippen molar-refractivity contribution < 1.29 is 9.84 Å². The number of aliphatic hydroxyl groups excluding tert-OH is 1. The molecule has 18 heavy (non-hydrogen) atoms. The standard InChI is InChI=1S/C15H27NO2/c17-11-15(6-1-7-18-12-15)10-16(8-13-2-3-13)9-14-4-5-14/h13-14,17H,1-12H2. The van der Waals surface area contributed by atoms with Crippen LogP contribution in [0.15, 0.2) is 0 Å². The molecule has 1 heterocycles. The zero-order valence-corrected chi connectivity index (χ0v) is 11.4. The molecule has 0 amide bonds. The van der Waals surface area contributed by atoms with Crippen LogP contribution < -0.4 is 0 Å². The van der Waals surface area contributed by atoms with Crippen LogP contribution in [-0.4, -0.2) is 49.5 Å². The van der Waals surface area contributed by atoms with Crippen LogP contribution in [0.4, 0.5) is 0 Å². The molecule has 3 heteroatoms. The van der Waals surface area contributed by atoms with Crippen LogP contribution in [0.25, 0.3) is 0 Å². The Kier molecular flexibility index (Phi) is 3.92. The Morgan fingerprint density at radius 2 is 1.78 bits per heavy atom. The van der Waals surface area contributed by atoms with Gasteiger partial charge in [0, 0.05) is 31.7 Å². The van der Waals surface area contributed by atoms with Crippen molar-refractivity contribution in [3.05, 3.63) is 0 Å². The van der Waals surface area contributed by atoms with E-state index in [1.807, 2.05) is 0 Å². The number of rotatable bonds is 7. The Morgan fingerprint density at radius 3 is 2.22 bits per heavy atom. The molecule has 0 aromatic carbocycles. The van der Waals surface area contributed by atoms with Crippen LogP contribution in [0, 0.1) is 17.3 Å². The van der Waals surface area contributed by atoms with Crippen LogP contribution >= 0.6 is 0 Å². The van der Waals surface area contributed by atoms with Gasteiger partial charge in [-0.3, -0.25) is 0 Å². The highest BCUT2D eigenvalue weighted by Gasteiger charge is 2.37. The monoisotopic (exact) mass is 253 g/mol. The number of hydrogen-bond donors (Lipinski definition) is 1. The predicted molar refractivity (Wildman–Crippen MR) is 71.5 cm³/mol. The summed E-state index contributed by atoms with van der Waals surface area (Å²) >= 11 is 0. The van der Waals surface area contributed by atoms with Crippen molar-refractivity contribution in [1.82, 2.24) is 4.90 Å². The Balaban J connectivity index is 1.57. The molecule has 1 N–H and O–H groups in total. The molecule has 3 fully saturated rings. The highest BCUT2D eigenvalue weighted by atomic mass is 16.5. The molecule has 1 aliphatic heterocycles. The number of hydrogen-bond acceptors (Lipinski definition) is 3. The molecule has 2 aliphatic carbocycles. The molecule has 3 rings (SSSR count). The van der Waals surface area contributed by atoms with E-state index in [-0.39, 0.29) is 5.41 Å². The van der Waals surface area contributed by atoms with Gasteiger partial charge in [-0.1, -0.05) is 0 Å². The van der Waals surface area contributed by atoms with Crippen LogP contribution in [0.1, 0.15) is 38.5 Å². The molecule has 3 aliphatic rings. The molecule has 0 bridgehead atoms. The van der Waals surface area contributed by atoms with E-state index in [2.05, 4.69) is 4.90 Å². The maximum Gasteiger partial charge on any atom is 0.0556 e. The van der Waals surface area contributed by atoms with Gasteiger partial charge in [-0.05, 0) is 50.4 Å². The van der Waals surface area contributed by atoms with Gasteiger partial charge >= 0.3 is 0 Å². The third-order valence-corrected chi connectivity index (χ3v) is 4.73. The summed E-state index contributed by atoms with van der Waals surface area (Å²) in [5.41, 5.74) is 0.0298. The van der Waals surface area contributed by atoms with E-state index in [1.165, 1.54) is 38.8 Å². The summed E-state index contributed by atoms with van der Waals surface area (Å²) in [4.78, 5) is 2.64. The second kappa shape index (κ2) is 5.48. The summed E-state index contributed by atoms with van der Waals surface area (Å²) in [6.45, 7) is 5.51. The normalized spacial score (nSPS) is 33.0. The van der Waals surface area contributed by atoms with Gasteiger partial charge in [-0.25, -0.2) is 0 Å². The third kappa shape index (κ3) is 3.46. The Bertz CT molecular complexity index is 254. The van der Waals surface area contributed by atoms with E-state index >= 15 is 0 Å². The molecule has 0 radical (unpaired) electrons. The molecule has 0 aromatic heterocycles. The fourth-order valence-corrected chi connectivity index (χ4v) is 3.22. The van der Waals surface area contributed by atoms with Gasteiger partial charge in [-0.15, -0.1) is 0 Å². The second-order valence-electron chi connectivity index (χ2n) is 6.90. The van der Waals surface area contributed by atoms with Crippen LogP contribution in [-0.2, 0) is 4.74 Å². The zero-order valence-electron chi connectivity index (χ0n) is 11.4. The first kappa shape index (κ1) is 12.9. The largest absolute Gasteiger partial charge is 0.396 e. The van der Waals surface area contributed by atoms with Crippen LogP contribution in [0.3, 0.4) is 0 Å². The Labute approximate surface area is 110 Å². The van der Waals surface area contributed by atoms with Crippen molar-refractivity contribution in [2.75, 3.05) is 39.5 Å². The summed E-state index contributed by atoms with van der Waals surface area (Å²) in [5, 5.41) is 9.78. The second-order valence-corrected chi connectivity index (χ2v) is 6.90. The maximum atomic E-state index is 9.78. The SMILES string of the molecule is OCC1(CN(CC2CC2)CC2CC2)CCCOC1. The van der Waals surface area contributed by atoms with Crippen molar-refractivity contribution >= 4 is 0 Å². The molecular weight excluding hydrogens is 226 g/mol. The lowest BCUT2D eigenvalue weighted by Gasteiger charge is -2.39. The maximum absolute atomic E-state index is 9.78. The number of ether oxygens (including phenoxy) is 1. The van der Waals surface area contributed by atoms with E-state index in [4.69, 9.17) is 4.74 Å². The molecule has 1 saturated heterocycles. The van der Waals surface area contributed by atoms with Crippen molar-refractivity contribution in [1.29, 1.82) is 0 Å². The van der Waals surface area contributed by atoms with Gasteiger partial charge in [0.05, 0.1) is 13.2 Å². The van der Waals surface area contributed by atoms with Crippen LogP contribution in [0.5, 0.6) is 0 Å². The smallest absolute Gasteiger partial charge is 0.0556 e. The van der Waals surface area contributed by atoms with E-state index in [9.17, 15) is 5.11 Å². The van der Waals surface area contributed by atoms with E-state index in [1.54, 1.807) is 0 Å². The lowest BCUT2D eigenvalue weighted by molar-refractivity contribution is -0.0563. The molecule has 1 atom stereocenters. The summed E-state index contributed by atoms with van der Waals surface area (Å²) in [7, 11) is 0. The Hall–Kier alpha value is -0.120. The van der Waals surface area contributed by atoms with Gasteiger partial charge in [0.15, 0.2) is 0 Å². The highest BCUT2D eigenvalue weighted by molar-refractivity contribution is 4.89. The fourth-order valence-electron chi connectivity index (χ4n) is 3.22. The van der Waals surface area contributed by atoms with Crippen molar-refractivity contribution in [3.8, 4) is 0 Å². The van der Waals surface area contributed by atoms with Gasteiger partial charge in [0.1, 0.15) is 0 Å².